The number of imidazole rings is 1. The molecule has 0 atom stereocenters. The predicted molar refractivity (Wildman–Crippen MR) is 191 cm³/mol. The Kier molecular flexibility index (Phi) is 10.1. The molecule has 0 aliphatic heterocycles. The molecule has 223 valence electrons. The van der Waals surface area contributed by atoms with Crippen LogP contribution in [-0.2, 0) is 6.17 Å². The van der Waals surface area contributed by atoms with Crippen LogP contribution in [0.2, 0.25) is 0 Å². The van der Waals surface area contributed by atoms with Gasteiger partial charge in [0.1, 0.15) is 5.75 Å². The standard InChI is InChI=1S/C40H40BN2OSi/c1-2-3-16-31-44-35-25-27-38(28-26-35)45(36-21-12-6-13-22-36,37-23-14-7-15-24-37)32-43-30-29-42-40(43)41-39(33-17-8-4-9-18-33)34-19-10-5-11-20-34/h4-15,17-30,39H,2-3,16,31-32H2,1H3. The molecule has 0 fully saturated rings. The van der Waals surface area contributed by atoms with E-state index in [0.29, 0.717) is 0 Å². The number of unbranched alkanes of at least 4 members (excludes halogenated alkanes) is 2. The minimum absolute atomic E-state index is 0.0854. The van der Waals surface area contributed by atoms with Gasteiger partial charge >= 0.3 is 0 Å². The fourth-order valence-electron chi connectivity index (χ4n) is 6.32. The number of aromatic nitrogens is 2. The Morgan fingerprint density at radius 2 is 1.16 bits per heavy atom. The second-order valence-corrected chi connectivity index (χ2v) is 15.5. The minimum atomic E-state index is -2.59. The highest BCUT2D eigenvalue weighted by atomic mass is 28.3. The predicted octanol–water partition coefficient (Wildman–Crippen LogP) is 6.28. The van der Waals surface area contributed by atoms with Crippen molar-refractivity contribution in [1.82, 2.24) is 9.55 Å². The Morgan fingerprint density at radius 1 is 0.644 bits per heavy atom. The first-order valence-corrected chi connectivity index (χ1v) is 18.3. The van der Waals surface area contributed by atoms with E-state index in [-0.39, 0.29) is 5.82 Å². The van der Waals surface area contributed by atoms with Gasteiger partial charge in [-0.3, -0.25) is 4.98 Å². The van der Waals surface area contributed by atoms with Crippen LogP contribution in [-0.4, -0.2) is 31.5 Å². The van der Waals surface area contributed by atoms with E-state index in [0.717, 1.165) is 30.7 Å². The normalized spacial score (nSPS) is 11.4. The summed E-state index contributed by atoms with van der Waals surface area (Å²) in [6.07, 6.45) is 8.38. The SMILES string of the molecule is CCCCCOc1ccc([Si](Cn2ccnc2[B]C(c2ccccc2)c2ccccc2)(c2ccccc2)c2ccccc2)cc1. The molecular formula is C40H40BN2OSi. The lowest BCUT2D eigenvalue weighted by Crippen LogP contribution is -2.70. The number of hydrogen-bond donors (Lipinski definition) is 0. The van der Waals surface area contributed by atoms with Crippen LogP contribution in [0.15, 0.2) is 158 Å². The summed E-state index contributed by atoms with van der Waals surface area (Å²) in [5.41, 5.74) is 3.48. The summed E-state index contributed by atoms with van der Waals surface area (Å²) < 4.78 is 8.51. The van der Waals surface area contributed by atoms with Crippen molar-refractivity contribution < 1.29 is 4.74 Å². The van der Waals surface area contributed by atoms with Crippen LogP contribution >= 0.6 is 0 Å². The van der Waals surface area contributed by atoms with Crippen molar-refractivity contribution in [1.29, 1.82) is 0 Å². The van der Waals surface area contributed by atoms with Crippen molar-refractivity contribution in [2.75, 3.05) is 6.61 Å². The first-order chi connectivity index (χ1) is 22.3. The molecule has 1 aromatic heterocycles. The van der Waals surface area contributed by atoms with Crippen LogP contribution in [0.1, 0.15) is 43.1 Å². The van der Waals surface area contributed by atoms with Gasteiger partial charge in [0.25, 0.3) is 0 Å². The van der Waals surface area contributed by atoms with Crippen LogP contribution in [0.5, 0.6) is 5.75 Å². The maximum absolute atomic E-state index is 6.14. The molecule has 0 aliphatic carbocycles. The van der Waals surface area contributed by atoms with Crippen LogP contribution in [0.25, 0.3) is 0 Å². The lowest BCUT2D eigenvalue weighted by Gasteiger charge is -2.35. The average Bonchev–Trinajstić information content (AvgIpc) is 3.56. The third-order valence-electron chi connectivity index (χ3n) is 8.69. The highest BCUT2D eigenvalue weighted by Crippen LogP contribution is 2.23. The zero-order valence-electron chi connectivity index (χ0n) is 26.0. The minimum Gasteiger partial charge on any atom is -0.494 e. The number of benzene rings is 5. The third kappa shape index (κ3) is 7.05. The van der Waals surface area contributed by atoms with Gasteiger partial charge in [-0.2, -0.15) is 0 Å². The first-order valence-electron chi connectivity index (χ1n) is 16.1. The van der Waals surface area contributed by atoms with E-state index in [1.54, 1.807) is 0 Å². The van der Waals surface area contributed by atoms with E-state index in [9.17, 15) is 0 Å². The molecule has 1 heterocycles. The molecule has 0 N–H and O–H groups in total. The fourth-order valence-corrected chi connectivity index (χ4v) is 10.9. The number of hydrogen-bond acceptors (Lipinski definition) is 2. The Bertz CT molecular complexity index is 1650. The second-order valence-electron chi connectivity index (χ2n) is 11.6. The Morgan fingerprint density at radius 3 is 1.69 bits per heavy atom. The second kappa shape index (κ2) is 14.9. The van der Waals surface area contributed by atoms with Crippen molar-refractivity contribution in [3.05, 3.63) is 169 Å². The average molecular weight is 604 g/mol. The highest BCUT2D eigenvalue weighted by molar-refractivity contribution is 7.10. The van der Waals surface area contributed by atoms with Crippen LogP contribution in [0, 0.1) is 0 Å². The lowest BCUT2D eigenvalue weighted by atomic mass is 9.58. The van der Waals surface area contributed by atoms with Gasteiger partial charge in [0, 0.05) is 18.6 Å². The molecule has 6 aromatic rings. The third-order valence-corrected chi connectivity index (χ3v) is 13.5. The van der Waals surface area contributed by atoms with Gasteiger partial charge in [0.15, 0.2) is 8.07 Å². The maximum Gasteiger partial charge on any atom is 0.215 e. The van der Waals surface area contributed by atoms with Crippen LogP contribution in [0.4, 0.5) is 0 Å². The van der Waals surface area contributed by atoms with Crippen LogP contribution in [0.3, 0.4) is 0 Å². The Balaban J connectivity index is 1.42. The molecule has 0 spiro atoms. The van der Waals surface area contributed by atoms with E-state index in [2.05, 4.69) is 171 Å². The van der Waals surface area contributed by atoms with Gasteiger partial charge < -0.3 is 9.30 Å². The molecule has 0 aliphatic rings. The van der Waals surface area contributed by atoms with Gasteiger partial charge in [-0.05, 0) is 51.1 Å². The fraction of sp³-hybridized carbons (Fsp3) is 0.175. The summed E-state index contributed by atoms with van der Waals surface area (Å²) in [6.45, 7) is 2.98. The van der Waals surface area contributed by atoms with E-state index in [1.807, 2.05) is 6.20 Å². The molecule has 6 rings (SSSR count). The van der Waals surface area contributed by atoms with E-state index < -0.39 is 8.07 Å². The number of nitrogens with zero attached hydrogens (tertiary/aromatic N) is 2. The molecule has 0 amide bonds. The molecular weight excluding hydrogens is 563 g/mol. The molecule has 45 heavy (non-hydrogen) atoms. The summed E-state index contributed by atoms with van der Waals surface area (Å²) >= 11 is 0. The smallest absolute Gasteiger partial charge is 0.215 e. The number of rotatable bonds is 14. The van der Waals surface area contributed by atoms with Gasteiger partial charge in [-0.1, -0.05) is 153 Å². The molecule has 3 nitrogen and oxygen atoms in total. The molecule has 0 unspecified atom stereocenters. The summed E-state index contributed by atoms with van der Waals surface area (Å²) in [5, 5.41) is 4.09. The van der Waals surface area contributed by atoms with Crippen molar-refractivity contribution in [3.8, 4) is 5.75 Å². The summed E-state index contributed by atoms with van der Waals surface area (Å²) in [5.74, 6) is 1.02. The largest absolute Gasteiger partial charge is 0.494 e. The van der Waals surface area contributed by atoms with E-state index in [1.165, 1.54) is 39.5 Å². The quantitative estimate of drug-likeness (QED) is 0.0833. The lowest BCUT2D eigenvalue weighted by molar-refractivity contribution is 0.306. The zero-order valence-corrected chi connectivity index (χ0v) is 27.0. The van der Waals surface area contributed by atoms with Crippen LogP contribution < -0.4 is 26.0 Å². The summed E-state index contributed by atoms with van der Waals surface area (Å²) in [7, 11) is -0.262. The van der Waals surface area contributed by atoms with Crippen molar-refractivity contribution in [2.24, 2.45) is 0 Å². The molecule has 0 saturated heterocycles. The number of ether oxygens (including phenoxy) is 1. The Hall–Kier alpha value is -4.61. The summed E-state index contributed by atoms with van der Waals surface area (Å²) in [4.78, 5) is 4.94. The van der Waals surface area contributed by atoms with Crippen molar-refractivity contribution in [2.45, 2.75) is 38.2 Å². The summed E-state index contributed by atoms with van der Waals surface area (Å²) in [6, 6.07) is 52.6. The van der Waals surface area contributed by atoms with E-state index >= 15 is 0 Å². The molecule has 0 bridgehead atoms. The van der Waals surface area contributed by atoms with Crippen molar-refractivity contribution >= 4 is 36.6 Å². The highest BCUT2D eigenvalue weighted by Gasteiger charge is 2.40. The van der Waals surface area contributed by atoms with Gasteiger partial charge in [-0.25, -0.2) is 0 Å². The van der Waals surface area contributed by atoms with Gasteiger partial charge in [-0.15, -0.1) is 0 Å². The monoisotopic (exact) mass is 603 g/mol. The molecule has 5 aromatic carbocycles. The zero-order chi connectivity index (χ0) is 30.7. The first kappa shape index (κ1) is 30.4. The van der Waals surface area contributed by atoms with Crippen molar-refractivity contribution in [3.63, 3.8) is 0 Å². The molecule has 5 heteroatoms. The van der Waals surface area contributed by atoms with E-state index in [4.69, 9.17) is 9.72 Å². The Labute approximate surface area is 269 Å². The maximum atomic E-state index is 6.14. The molecule has 1 radical (unpaired) electrons. The molecule has 0 saturated carbocycles. The van der Waals surface area contributed by atoms with Gasteiger partial charge in [0.05, 0.1) is 12.3 Å². The topological polar surface area (TPSA) is 27.1 Å². The van der Waals surface area contributed by atoms with Gasteiger partial charge in [0.2, 0.25) is 7.28 Å².